The van der Waals surface area contributed by atoms with E-state index >= 15 is 0 Å². The van der Waals surface area contributed by atoms with Crippen LogP contribution in [0.4, 0.5) is 5.69 Å². The number of anilines is 1. The van der Waals surface area contributed by atoms with Crippen molar-refractivity contribution in [2.24, 2.45) is 10.9 Å². The van der Waals surface area contributed by atoms with E-state index in [1.807, 2.05) is 32.0 Å². The fourth-order valence-electron chi connectivity index (χ4n) is 2.67. The smallest absolute Gasteiger partial charge is 0.172 e. The lowest BCUT2D eigenvalue weighted by Gasteiger charge is -2.39. The van der Waals surface area contributed by atoms with Gasteiger partial charge in [-0.05, 0) is 25.5 Å². The Balaban J connectivity index is 2.40. The second kappa shape index (κ2) is 6.11. The van der Waals surface area contributed by atoms with Crippen LogP contribution < -0.4 is 10.6 Å². The number of benzene rings is 1. The summed E-state index contributed by atoms with van der Waals surface area (Å²) < 4.78 is 5.65. The maximum Gasteiger partial charge on any atom is 0.172 e. The van der Waals surface area contributed by atoms with Gasteiger partial charge in [0.25, 0.3) is 0 Å². The highest BCUT2D eigenvalue weighted by Crippen LogP contribution is 2.28. The molecule has 1 heterocycles. The summed E-state index contributed by atoms with van der Waals surface area (Å²) in [6.45, 7) is 5.21. The molecular formula is C14H21N3O3. The minimum atomic E-state index is -0.224. The maximum atomic E-state index is 9.33. The molecule has 20 heavy (non-hydrogen) atoms. The average Bonchev–Trinajstić information content (AvgIpc) is 2.45. The number of hydrogen-bond acceptors (Lipinski definition) is 5. The number of aryl methyl sites for hydroxylation is 1. The first-order valence-electron chi connectivity index (χ1n) is 6.65. The number of para-hydroxylation sites is 1. The van der Waals surface area contributed by atoms with Gasteiger partial charge in [-0.1, -0.05) is 17.3 Å². The molecule has 1 aliphatic heterocycles. The van der Waals surface area contributed by atoms with E-state index < -0.39 is 0 Å². The molecule has 4 N–H and O–H groups in total. The molecule has 6 heteroatoms. The van der Waals surface area contributed by atoms with Crippen LogP contribution in [0, 0.1) is 6.92 Å². The lowest BCUT2D eigenvalue weighted by molar-refractivity contribution is -0.0421. The van der Waals surface area contributed by atoms with Crippen LogP contribution in [-0.2, 0) is 4.74 Å². The lowest BCUT2D eigenvalue weighted by atomic mass is 10.0. The average molecular weight is 279 g/mol. The van der Waals surface area contributed by atoms with Crippen LogP contribution in [0.15, 0.2) is 23.4 Å². The molecule has 2 unspecified atom stereocenters. The van der Waals surface area contributed by atoms with Crippen molar-refractivity contribution < 1.29 is 15.1 Å². The highest BCUT2D eigenvalue weighted by molar-refractivity contribution is 6.02. The molecule has 6 nitrogen and oxygen atoms in total. The molecule has 1 fully saturated rings. The molecule has 110 valence electrons. The maximum absolute atomic E-state index is 9.33. The summed E-state index contributed by atoms with van der Waals surface area (Å²) in [5, 5.41) is 21.4. The highest BCUT2D eigenvalue weighted by atomic mass is 16.5. The number of nitrogens with zero attached hydrogens (tertiary/aromatic N) is 2. The quantitative estimate of drug-likeness (QED) is 0.327. The molecule has 0 aromatic heterocycles. The van der Waals surface area contributed by atoms with Gasteiger partial charge in [0, 0.05) is 18.7 Å². The minimum Gasteiger partial charge on any atom is -0.409 e. The number of aliphatic hydroxyl groups is 1. The van der Waals surface area contributed by atoms with E-state index in [0.29, 0.717) is 18.7 Å². The van der Waals surface area contributed by atoms with E-state index in [0.717, 1.165) is 11.3 Å². The first kappa shape index (κ1) is 14.6. The Kier molecular flexibility index (Phi) is 4.46. The summed E-state index contributed by atoms with van der Waals surface area (Å²) in [7, 11) is 0. The van der Waals surface area contributed by atoms with E-state index in [4.69, 9.17) is 15.7 Å². The summed E-state index contributed by atoms with van der Waals surface area (Å²) in [5.74, 6) is 0.0865. The number of nitrogens with two attached hydrogens (primary N) is 1. The van der Waals surface area contributed by atoms with Crippen molar-refractivity contribution in [3.05, 3.63) is 29.3 Å². The molecule has 1 aliphatic rings. The Labute approximate surface area is 118 Å². The molecule has 1 aromatic carbocycles. The zero-order valence-corrected chi connectivity index (χ0v) is 11.8. The number of oxime groups is 1. The minimum absolute atomic E-state index is 0.0145. The SMILES string of the molecule is Cc1cccc(/C(N)=N/O)c1N1CC(C)OC(CO)C1. The van der Waals surface area contributed by atoms with E-state index in [2.05, 4.69) is 10.1 Å². The monoisotopic (exact) mass is 279 g/mol. The summed E-state index contributed by atoms with van der Waals surface area (Å²) in [5.41, 5.74) is 8.43. The first-order chi connectivity index (χ1) is 9.56. The van der Waals surface area contributed by atoms with E-state index in [9.17, 15) is 5.11 Å². The summed E-state index contributed by atoms with van der Waals surface area (Å²) in [4.78, 5) is 2.12. The van der Waals surface area contributed by atoms with Crippen molar-refractivity contribution in [3.63, 3.8) is 0 Å². The Bertz CT molecular complexity index is 504. The van der Waals surface area contributed by atoms with Crippen LogP contribution in [0.3, 0.4) is 0 Å². The van der Waals surface area contributed by atoms with E-state index in [1.165, 1.54) is 0 Å². The Hall–Kier alpha value is -1.79. The summed E-state index contributed by atoms with van der Waals surface area (Å²) in [6.07, 6.45) is -0.209. The Morgan fingerprint density at radius 2 is 2.25 bits per heavy atom. The van der Waals surface area contributed by atoms with Crippen LogP contribution in [0.25, 0.3) is 0 Å². The molecule has 0 spiro atoms. The third-order valence-corrected chi connectivity index (χ3v) is 3.47. The fraction of sp³-hybridized carbons (Fsp3) is 0.500. The van der Waals surface area contributed by atoms with Crippen molar-refractivity contribution in [2.45, 2.75) is 26.1 Å². The second-order valence-electron chi connectivity index (χ2n) is 5.11. The van der Waals surface area contributed by atoms with Gasteiger partial charge in [0.2, 0.25) is 0 Å². The van der Waals surface area contributed by atoms with Crippen molar-refractivity contribution in [3.8, 4) is 0 Å². The van der Waals surface area contributed by atoms with Crippen LogP contribution >= 0.6 is 0 Å². The molecule has 1 aromatic rings. The Morgan fingerprint density at radius 1 is 1.50 bits per heavy atom. The molecule has 1 saturated heterocycles. The number of aliphatic hydroxyl groups excluding tert-OH is 1. The summed E-state index contributed by atoms with van der Waals surface area (Å²) >= 11 is 0. The number of hydrogen-bond donors (Lipinski definition) is 3. The van der Waals surface area contributed by atoms with Gasteiger partial charge in [-0.25, -0.2) is 0 Å². The molecule has 0 aliphatic carbocycles. The van der Waals surface area contributed by atoms with E-state index in [-0.39, 0.29) is 24.7 Å². The zero-order chi connectivity index (χ0) is 14.7. The Morgan fingerprint density at radius 3 is 2.90 bits per heavy atom. The normalized spacial score (nSPS) is 23.9. The molecule has 2 atom stereocenters. The number of morpholine rings is 1. The predicted molar refractivity (Wildman–Crippen MR) is 77.3 cm³/mol. The van der Waals surface area contributed by atoms with Gasteiger partial charge in [0.05, 0.1) is 24.5 Å². The fourth-order valence-corrected chi connectivity index (χ4v) is 2.67. The lowest BCUT2D eigenvalue weighted by Crippen LogP contribution is -2.48. The molecule has 0 bridgehead atoms. The largest absolute Gasteiger partial charge is 0.409 e. The van der Waals surface area contributed by atoms with Crippen molar-refractivity contribution in [1.29, 1.82) is 0 Å². The number of amidine groups is 1. The van der Waals surface area contributed by atoms with Crippen LogP contribution in [0.5, 0.6) is 0 Å². The molecule has 0 radical (unpaired) electrons. The van der Waals surface area contributed by atoms with Crippen LogP contribution in [-0.4, -0.2) is 48.1 Å². The van der Waals surface area contributed by atoms with Gasteiger partial charge >= 0.3 is 0 Å². The topological polar surface area (TPSA) is 91.3 Å². The van der Waals surface area contributed by atoms with E-state index in [1.54, 1.807) is 0 Å². The van der Waals surface area contributed by atoms with Gasteiger partial charge in [-0.3, -0.25) is 0 Å². The zero-order valence-electron chi connectivity index (χ0n) is 11.8. The molecule has 0 amide bonds. The number of rotatable bonds is 3. The molecule has 2 rings (SSSR count). The van der Waals surface area contributed by atoms with Gasteiger partial charge in [0.15, 0.2) is 5.84 Å². The van der Waals surface area contributed by atoms with Crippen molar-refractivity contribution in [2.75, 3.05) is 24.6 Å². The van der Waals surface area contributed by atoms with Gasteiger partial charge in [-0.2, -0.15) is 0 Å². The summed E-state index contributed by atoms with van der Waals surface area (Å²) in [6, 6.07) is 5.68. The van der Waals surface area contributed by atoms with Crippen molar-refractivity contribution >= 4 is 11.5 Å². The van der Waals surface area contributed by atoms with Gasteiger partial charge in [-0.15, -0.1) is 0 Å². The third-order valence-electron chi connectivity index (χ3n) is 3.47. The van der Waals surface area contributed by atoms with Crippen LogP contribution in [0.1, 0.15) is 18.1 Å². The van der Waals surface area contributed by atoms with Crippen LogP contribution in [0.2, 0.25) is 0 Å². The number of ether oxygens (including phenoxy) is 1. The van der Waals surface area contributed by atoms with Crippen molar-refractivity contribution in [1.82, 2.24) is 0 Å². The highest BCUT2D eigenvalue weighted by Gasteiger charge is 2.27. The molecular weight excluding hydrogens is 258 g/mol. The first-order valence-corrected chi connectivity index (χ1v) is 6.65. The van der Waals surface area contributed by atoms with Gasteiger partial charge < -0.3 is 25.7 Å². The predicted octanol–water partition coefficient (Wildman–Crippen LogP) is 0.676. The van der Waals surface area contributed by atoms with Gasteiger partial charge in [0.1, 0.15) is 0 Å². The standard InChI is InChI=1S/C14H21N3O3/c1-9-4-3-5-12(14(15)16-19)13(9)17-6-10(2)20-11(7-17)8-18/h3-5,10-11,18-19H,6-8H2,1-2H3,(H2,15,16). The second-order valence-corrected chi connectivity index (χ2v) is 5.11. The third kappa shape index (κ3) is 2.86. The molecule has 0 saturated carbocycles.